The van der Waals surface area contributed by atoms with Crippen LogP contribution in [-0.4, -0.2) is 63.0 Å². The monoisotopic (exact) mass is 666 g/mol. The summed E-state index contributed by atoms with van der Waals surface area (Å²) in [5, 5.41) is 32.0. The Kier molecular flexibility index (Phi) is 8.47. The molecule has 8 bridgehead atoms. The Morgan fingerprint density at radius 2 is 0.689 bits per heavy atom. The summed E-state index contributed by atoms with van der Waals surface area (Å²) < 4.78 is 31.3. The van der Waals surface area contributed by atoms with Crippen molar-refractivity contribution in [3.05, 3.63) is 0 Å². The molecule has 4 aliphatic carbocycles. The SMILES string of the molecule is O=S(=O)(OCl)C1CCCC2C3NC4NC(NC5NC(NC6NC(NC(N3)C21)C1CCCCC61)C1CCCCC51)C1CCCCC41. The summed E-state index contributed by atoms with van der Waals surface area (Å²) in [7, 11) is -3.89. The van der Waals surface area contributed by atoms with Gasteiger partial charge in [-0.05, 0) is 92.8 Å². The van der Waals surface area contributed by atoms with Gasteiger partial charge in [0.25, 0.3) is 10.1 Å². The van der Waals surface area contributed by atoms with Gasteiger partial charge in [-0.1, -0.05) is 44.9 Å². The molecule has 13 heteroatoms. The number of nitrogens with one attached hydrogen (secondary N) is 8. The molecule has 254 valence electrons. The van der Waals surface area contributed by atoms with E-state index in [0.717, 1.165) is 12.8 Å². The standard InChI is InChI=1S/C32H55ClN8O3S/c33-44-45(42,43)23-15-7-14-22-24(23)32-40-30-21-13-6-5-12-20(21)28(38-30)36-26-17-9-2-1-8-16(17)25(34-26)35-27-18-10-3-4-11-19(18)29(37-27)39-31(22)41-32/h16-32,34-41H,1-15H2. The van der Waals surface area contributed by atoms with E-state index in [0.29, 0.717) is 54.3 Å². The molecule has 17 unspecified atom stereocenters. The van der Waals surface area contributed by atoms with Crippen LogP contribution in [0.2, 0.25) is 0 Å². The maximum Gasteiger partial charge on any atom is 0.286 e. The Morgan fingerprint density at radius 1 is 0.400 bits per heavy atom. The highest BCUT2D eigenvalue weighted by Gasteiger charge is 2.57. The molecule has 5 saturated heterocycles. The molecule has 0 aromatic rings. The van der Waals surface area contributed by atoms with Gasteiger partial charge in [-0.2, -0.15) is 12.2 Å². The molecule has 0 aromatic heterocycles. The largest absolute Gasteiger partial charge is 0.286 e. The van der Waals surface area contributed by atoms with Gasteiger partial charge >= 0.3 is 0 Å². The van der Waals surface area contributed by atoms with Crippen LogP contribution in [0.5, 0.6) is 0 Å². The summed E-state index contributed by atoms with van der Waals surface area (Å²) in [5.74, 6) is 3.58. The zero-order valence-corrected chi connectivity index (χ0v) is 28.0. The quantitative estimate of drug-likeness (QED) is 0.220. The van der Waals surface area contributed by atoms with Crippen LogP contribution in [0.1, 0.15) is 96.3 Å². The van der Waals surface area contributed by atoms with Gasteiger partial charge in [-0.25, -0.2) is 0 Å². The van der Waals surface area contributed by atoms with Crippen LogP contribution in [-0.2, 0) is 13.9 Å². The predicted octanol–water partition coefficient (Wildman–Crippen LogP) is 2.08. The Labute approximate surface area is 274 Å². The fourth-order valence-electron chi connectivity index (χ4n) is 12.4. The summed E-state index contributed by atoms with van der Waals surface area (Å²) in [6, 6.07) is 0. The highest BCUT2D eigenvalue weighted by molar-refractivity contribution is 7.88. The summed E-state index contributed by atoms with van der Waals surface area (Å²) >= 11 is 5.66. The van der Waals surface area contributed by atoms with Crippen LogP contribution in [0.15, 0.2) is 0 Å². The number of hydrogen-bond donors (Lipinski definition) is 8. The molecule has 9 rings (SSSR count). The van der Waals surface area contributed by atoms with E-state index < -0.39 is 15.4 Å². The van der Waals surface area contributed by atoms with E-state index in [4.69, 9.17) is 15.6 Å². The topological polar surface area (TPSA) is 140 Å². The fraction of sp³-hybridized carbons (Fsp3) is 1.00. The van der Waals surface area contributed by atoms with Crippen molar-refractivity contribution in [1.82, 2.24) is 42.5 Å². The molecule has 4 saturated carbocycles. The summed E-state index contributed by atoms with van der Waals surface area (Å²) in [6.07, 6.45) is 19.0. The van der Waals surface area contributed by atoms with Crippen LogP contribution in [0.3, 0.4) is 0 Å². The molecule has 0 radical (unpaired) electrons. The van der Waals surface area contributed by atoms with Crippen LogP contribution in [0.25, 0.3) is 0 Å². The minimum Gasteiger partial charge on any atom is -0.286 e. The minimum atomic E-state index is -3.89. The molecule has 9 fully saturated rings. The highest BCUT2D eigenvalue weighted by Crippen LogP contribution is 2.46. The van der Waals surface area contributed by atoms with Crippen molar-refractivity contribution in [3.63, 3.8) is 0 Å². The molecular weight excluding hydrogens is 612 g/mol. The Morgan fingerprint density at radius 3 is 1.02 bits per heavy atom. The molecule has 9 aliphatic rings. The summed E-state index contributed by atoms with van der Waals surface area (Å²) in [6.45, 7) is 0. The molecule has 0 spiro atoms. The van der Waals surface area contributed by atoms with Crippen molar-refractivity contribution in [2.75, 3.05) is 0 Å². The molecule has 11 nitrogen and oxygen atoms in total. The van der Waals surface area contributed by atoms with Crippen LogP contribution in [0.4, 0.5) is 0 Å². The Balaban J connectivity index is 1.08. The van der Waals surface area contributed by atoms with E-state index in [1.165, 1.54) is 77.0 Å². The number of fused-ring (bicyclic) bond motifs is 20. The van der Waals surface area contributed by atoms with Crippen molar-refractivity contribution in [3.8, 4) is 0 Å². The van der Waals surface area contributed by atoms with Gasteiger partial charge in [0.1, 0.15) is 0 Å². The maximum absolute atomic E-state index is 13.3. The predicted molar refractivity (Wildman–Crippen MR) is 172 cm³/mol. The van der Waals surface area contributed by atoms with Crippen LogP contribution < -0.4 is 42.5 Å². The van der Waals surface area contributed by atoms with Crippen LogP contribution in [0, 0.1) is 47.3 Å². The Hall–Kier alpha value is -0.120. The highest BCUT2D eigenvalue weighted by atomic mass is 35.5. The average molecular weight is 667 g/mol. The third kappa shape index (κ3) is 5.36. The van der Waals surface area contributed by atoms with Crippen molar-refractivity contribution in [2.24, 2.45) is 47.3 Å². The van der Waals surface area contributed by atoms with Crippen molar-refractivity contribution in [1.29, 1.82) is 0 Å². The molecule has 0 amide bonds. The second-order valence-electron chi connectivity index (χ2n) is 16.3. The minimum absolute atomic E-state index is 0.0155. The summed E-state index contributed by atoms with van der Waals surface area (Å²) in [4.78, 5) is 0. The first-order valence-corrected chi connectivity index (χ1v) is 20.4. The van der Waals surface area contributed by atoms with E-state index in [1.807, 2.05) is 0 Å². The van der Waals surface area contributed by atoms with E-state index in [1.54, 1.807) is 0 Å². The van der Waals surface area contributed by atoms with Gasteiger partial charge in [0.15, 0.2) is 0 Å². The van der Waals surface area contributed by atoms with Gasteiger partial charge in [0.05, 0.1) is 66.4 Å². The number of halogens is 1. The molecule has 5 heterocycles. The number of rotatable bonds is 2. The lowest BCUT2D eigenvalue weighted by Gasteiger charge is -2.38. The summed E-state index contributed by atoms with van der Waals surface area (Å²) in [5.41, 5.74) is 0. The van der Waals surface area contributed by atoms with Crippen molar-refractivity contribution >= 4 is 22.0 Å². The van der Waals surface area contributed by atoms with E-state index >= 15 is 0 Å². The number of hydrogen-bond acceptors (Lipinski definition) is 11. The lowest BCUT2D eigenvalue weighted by atomic mass is 9.76. The second-order valence-corrected chi connectivity index (χ2v) is 18.4. The van der Waals surface area contributed by atoms with Gasteiger partial charge in [-0.15, -0.1) is 0 Å². The smallest absolute Gasteiger partial charge is 0.286 e. The first-order valence-electron chi connectivity index (χ1n) is 18.6. The third-order valence-electron chi connectivity index (χ3n) is 14.3. The van der Waals surface area contributed by atoms with Gasteiger partial charge in [0, 0.05) is 5.92 Å². The molecule has 5 aliphatic heterocycles. The van der Waals surface area contributed by atoms with Gasteiger partial charge < -0.3 is 0 Å². The van der Waals surface area contributed by atoms with E-state index in [-0.39, 0.29) is 48.8 Å². The van der Waals surface area contributed by atoms with Crippen molar-refractivity contribution in [2.45, 2.75) is 151 Å². The third-order valence-corrected chi connectivity index (χ3v) is 16.3. The van der Waals surface area contributed by atoms with Crippen LogP contribution >= 0.6 is 11.9 Å². The normalized spacial score (nSPS) is 54.6. The zero-order valence-electron chi connectivity index (χ0n) is 26.4. The zero-order chi connectivity index (χ0) is 30.3. The Bertz CT molecular complexity index is 1200. The first-order chi connectivity index (χ1) is 22.0. The second kappa shape index (κ2) is 12.3. The molecule has 45 heavy (non-hydrogen) atoms. The van der Waals surface area contributed by atoms with Gasteiger partial charge in [0.2, 0.25) is 0 Å². The fourth-order valence-corrected chi connectivity index (χ4v) is 14.0. The van der Waals surface area contributed by atoms with Gasteiger partial charge in [-0.3, -0.25) is 42.5 Å². The molecule has 17 atom stereocenters. The van der Waals surface area contributed by atoms with E-state index in [9.17, 15) is 8.42 Å². The average Bonchev–Trinajstić information content (AvgIpc) is 3.80. The maximum atomic E-state index is 13.3. The first kappa shape index (κ1) is 30.9. The molecule has 8 N–H and O–H groups in total. The van der Waals surface area contributed by atoms with Crippen molar-refractivity contribution < 1.29 is 12.2 Å². The molecular formula is C32H55ClN8O3S. The molecule has 0 aromatic carbocycles. The lowest BCUT2D eigenvalue weighted by molar-refractivity contribution is 0.167. The lowest BCUT2D eigenvalue weighted by Crippen LogP contribution is -2.62. The van der Waals surface area contributed by atoms with E-state index in [2.05, 4.69) is 42.5 Å².